The van der Waals surface area contributed by atoms with Crippen LogP contribution in [0.25, 0.3) is 0 Å². The summed E-state index contributed by atoms with van der Waals surface area (Å²) in [5, 5.41) is 3.66. The summed E-state index contributed by atoms with van der Waals surface area (Å²) in [5.41, 5.74) is 1.83. The van der Waals surface area contributed by atoms with Crippen molar-refractivity contribution < 1.29 is 13.2 Å². The van der Waals surface area contributed by atoms with E-state index in [1.807, 2.05) is 6.92 Å². The zero-order valence-electron chi connectivity index (χ0n) is 16.6. The normalized spacial score (nSPS) is 23.2. The Balaban J connectivity index is 1.52. The Bertz CT molecular complexity index is 1040. The van der Waals surface area contributed by atoms with E-state index in [9.17, 15) is 13.2 Å². The number of fused-ring (bicyclic) bond motifs is 2. The molecular formula is C22H25ClN2O3S. The van der Waals surface area contributed by atoms with Crippen molar-refractivity contribution in [2.24, 2.45) is 11.8 Å². The molecule has 7 heteroatoms. The second-order valence-electron chi connectivity index (χ2n) is 8.18. The van der Waals surface area contributed by atoms with Crippen LogP contribution in [0.5, 0.6) is 0 Å². The fraction of sp³-hybridized carbons (Fsp3) is 0.409. The Labute approximate surface area is 177 Å². The minimum Gasteiger partial charge on any atom is -0.349 e. The minimum atomic E-state index is -3.71. The highest BCUT2D eigenvalue weighted by Crippen LogP contribution is 2.44. The van der Waals surface area contributed by atoms with Crippen molar-refractivity contribution in [2.75, 3.05) is 11.4 Å². The van der Waals surface area contributed by atoms with Gasteiger partial charge < -0.3 is 5.32 Å². The van der Waals surface area contributed by atoms with E-state index in [1.54, 1.807) is 30.3 Å². The topological polar surface area (TPSA) is 66.5 Å². The van der Waals surface area contributed by atoms with Crippen molar-refractivity contribution in [2.45, 2.75) is 43.5 Å². The first-order chi connectivity index (χ1) is 13.8. The summed E-state index contributed by atoms with van der Waals surface area (Å²) < 4.78 is 27.1. The molecule has 0 heterocycles. The first kappa shape index (κ1) is 20.2. The number of carbonyl (C=O) groups excluding carboxylic acids is 1. The molecule has 1 amide bonds. The first-order valence-corrected chi connectivity index (χ1v) is 11.7. The van der Waals surface area contributed by atoms with Crippen molar-refractivity contribution in [3.8, 4) is 0 Å². The number of hydrogen-bond acceptors (Lipinski definition) is 3. The van der Waals surface area contributed by atoms with E-state index in [2.05, 4.69) is 5.32 Å². The molecule has 1 N–H and O–H groups in total. The molecule has 2 aliphatic rings. The Morgan fingerprint density at radius 3 is 2.41 bits per heavy atom. The number of aryl methyl sites for hydroxylation is 1. The van der Waals surface area contributed by atoms with Gasteiger partial charge in [0.05, 0.1) is 10.6 Å². The van der Waals surface area contributed by atoms with Crippen LogP contribution in [-0.2, 0) is 10.0 Å². The summed E-state index contributed by atoms with van der Waals surface area (Å²) in [5.74, 6) is 1.29. The Kier molecular flexibility index (Phi) is 5.34. The molecule has 29 heavy (non-hydrogen) atoms. The average Bonchev–Trinajstić information content (AvgIpc) is 3.31. The maximum Gasteiger partial charge on any atom is 0.264 e. The number of benzene rings is 2. The zero-order chi connectivity index (χ0) is 20.8. The lowest BCUT2D eigenvalue weighted by Crippen LogP contribution is -2.38. The lowest BCUT2D eigenvalue weighted by atomic mass is 9.95. The number of amides is 1. The molecule has 0 aromatic heterocycles. The van der Waals surface area contributed by atoms with Crippen LogP contribution in [0.2, 0.25) is 5.02 Å². The minimum absolute atomic E-state index is 0.0830. The Morgan fingerprint density at radius 2 is 1.83 bits per heavy atom. The Morgan fingerprint density at radius 1 is 1.10 bits per heavy atom. The van der Waals surface area contributed by atoms with E-state index in [0.717, 1.165) is 17.9 Å². The van der Waals surface area contributed by atoms with Gasteiger partial charge in [0, 0.05) is 23.7 Å². The van der Waals surface area contributed by atoms with Crippen LogP contribution in [0.4, 0.5) is 5.69 Å². The fourth-order valence-corrected chi connectivity index (χ4v) is 6.10. The van der Waals surface area contributed by atoms with Gasteiger partial charge in [-0.25, -0.2) is 8.42 Å². The molecule has 4 rings (SSSR count). The van der Waals surface area contributed by atoms with E-state index < -0.39 is 10.0 Å². The summed E-state index contributed by atoms with van der Waals surface area (Å²) in [4.78, 5) is 12.9. The largest absolute Gasteiger partial charge is 0.349 e. The third kappa shape index (κ3) is 3.88. The van der Waals surface area contributed by atoms with Gasteiger partial charge >= 0.3 is 0 Å². The van der Waals surface area contributed by atoms with Crippen LogP contribution < -0.4 is 9.62 Å². The summed E-state index contributed by atoms with van der Waals surface area (Å²) in [6, 6.07) is 11.5. The van der Waals surface area contributed by atoms with E-state index in [4.69, 9.17) is 11.6 Å². The number of rotatable bonds is 5. The van der Waals surface area contributed by atoms with E-state index in [0.29, 0.717) is 22.2 Å². The van der Waals surface area contributed by atoms with Crippen molar-refractivity contribution in [3.63, 3.8) is 0 Å². The lowest BCUT2D eigenvalue weighted by molar-refractivity contribution is 0.0923. The van der Waals surface area contributed by atoms with Crippen LogP contribution in [0.1, 0.15) is 41.6 Å². The molecule has 0 saturated heterocycles. The lowest BCUT2D eigenvalue weighted by Gasteiger charge is -2.24. The highest BCUT2D eigenvalue weighted by atomic mass is 35.5. The molecule has 0 aliphatic heterocycles. The molecule has 2 aromatic rings. The Hall–Kier alpha value is -2.05. The SMILES string of the molecule is Cc1cc(C(=O)N[C@H]2C[C@H]3CC[C@H]2C3)ccc1N(C)S(=O)(=O)c1ccc(Cl)cc1. The van der Waals surface area contributed by atoms with Gasteiger partial charge in [-0.1, -0.05) is 18.0 Å². The highest BCUT2D eigenvalue weighted by molar-refractivity contribution is 7.92. The molecule has 5 nitrogen and oxygen atoms in total. The number of carbonyl (C=O) groups is 1. The molecule has 2 bridgehead atoms. The molecule has 154 valence electrons. The molecule has 0 radical (unpaired) electrons. The van der Waals surface area contributed by atoms with Gasteiger partial charge in [-0.2, -0.15) is 0 Å². The molecule has 2 fully saturated rings. The maximum atomic E-state index is 12.9. The van der Waals surface area contributed by atoms with Gasteiger partial charge in [-0.05, 0) is 86.1 Å². The fourth-order valence-electron chi connectivity index (χ4n) is 4.72. The number of nitrogens with one attached hydrogen (secondary N) is 1. The second-order valence-corrected chi connectivity index (χ2v) is 10.6. The predicted octanol–water partition coefficient (Wildman–Crippen LogP) is 4.39. The number of halogens is 1. The quantitative estimate of drug-likeness (QED) is 0.761. The van der Waals surface area contributed by atoms with Gasteiger partial charge in [0.15, 0.2) is 0 Å². The van der Waals surface area contributed by atoms with Gasteiger partial charge in [-0.3, -0.25) is 9.10 Å². The van der Waals surface area contributed by atoms with Gasteiger partial charge in [-0.15, -0.1) is 0 Å². The average molecular weight is 433 g/mol. The molecule has 0 spiro atoms. The number of sulfonamides is 1. The number of hydrogen-bond donors (Lipinski definition) is 1. The van der Waals surface area contributed by atoms with Crippen molar-refractivity contribution in [1.82, 2.24) is 5.32 Å². The molecule has 2 aliphatic carbocycles. The highest BCUT2D eigenvalue weighted by Gasteiger charge is 2.40. The van der Waals surface area contributed by atoms with Crippen LogP contribution in [0.3, 0.4) is 0 Å². The molecule has 2 aromatic carbocycles. The first-order valence-electron chi connectivity index (χ1n) is 9.91. The van der Waals surface area contributed by atoms with Crippen LogP contribution in [0.15, 0.2) is 47.4 Å². The van der Waals surface area contributed by atoms with E-state index in [-0.39, 0.29) is 16.8 Å². The smallest absolute Gasteiger partial charge is 0.264 e. The maximum absolute atomic E-state index is 12.9. The van der Waals surface area contributed by atoms with E-state index >= 15 is 0 Å². The van der Waals surface area contributed by atoms with Gasteiger partial charge in [0.25, 0.3) is 15.9 Å². The summed E-state index contributed by atoms with van der Waals surface area (Å²) in [7, 11) is -2.20. The third-order valence-electron chi connectivity index (χ3n) is 6.32. The van der Waals surface area contributed by atoms with Crippen molar-refractivity contribution >= 4 is 33.2 Å². The van der Waals surface area contributed by atoms with Crippen LogP contribution in [-0.4, -0.2) is 27.4 Å². The molecule has 2 saturated carbocycles. The standard InChI is InChI=1S/C22H25ClN2O3S/c1-14-11-17(22(26)24-20-13-15-3-4-16(20)12-15)5-10-21(14)25(2)29(27,28)19-8-6-18(23)7-9-19/h5-11,15-16,20H,3-4,12-13H2,1-2H3,(H,24,26)/t15-,16-,20-/m0/s1. The summed E-state index contributed by atoms with van der Waals surface area (Å²) >= 11 is 5.87. The molecular weight excluding hydrogens is 408 g/mol. The molecule has 3 atom stereocenters. The zero-order valence-corrected chi connectivity index (χ0v) is 18.1. The van der Waals surface area contributed by atoms with Crippen molar-refractivity contribution in [1.29, 1.82) is 0 Å². The summed E-state index contributed by atoms with van der Waals surface area (Å²) in [6.45, 7) is 1.82. The number of anilines is 1. The predicted molar refractivity (Wildman–Crippen MR) is 115 cm³/mol. The van der Waals surface area contributed by atoms with Crippen LogP contribution in [0, 0.1) is 18.8 Å². The third-order valence-corrected chi connectivity index (χ3v) is 8.36. The van der Waals surface area contributed by atoms with Crippen molar-refractivity contribution in [3.05, 3.63) is 58.6 Å². The monoisotopic (exact) mass is 432 g/mol. The van der Waals surface area contributed by atoms with Crippen LogP contribution >= 0.6 is 11.6 Å². The van der Waals surface area contributed by atoms with Gasteiger partial charge in [0.1, 0.15) is 0 Å². The van der Waals surface area contributed by atoms with Gasteiger partial charge in [0.2, 0.25) is 0 Å². The molecule has 0 unspecified atom stereocenters. The summed E-state index contributed by atoms with van der Waals surface area (Å²) in [6.07, 6.45) is 4.81. The van der Waals surface area contributed by atoms with E-state index in [1.165, 1.54) is 42.7 Å². The second kappa shape index (κ2) is 7.65. The number of nitrogens with zero attached hydrogens (tertiary/aromatic N) is 1.